The molecule has 3 unspecified atom stereocenters. The minimum absolute atomic E-state index is 0.106. The molecule has 0 aromatic heterocycles. The molecule has 3 N–H and O–H groups in total. The van der Waals surface area contributed by atoms with Gasteiger partial charge < -0.3 is 33.8 Å². The van der Waals surface area contributed by atoms with Gasteiger partial charge in [0, 0.05) is 25.7 Å². The van der Waals surface area contributed by atoms with Crippen LogP contribution in [-0.4, -0.2) is 96.7 Å². The molecule has 0 aromatic rings. The summed E-state index contributed by atoms with van der Waals surface area (Å²) in [6.07, 6.45) is 52.5. The Morgan fingerprint density at radius 3 is 0.817 bits per heavy atom. The number of ether oxygens (including phenoxy) is 4. The van der Waals surface area contributed by atoms with Crippen LogP contribution in [0.3, 0.4) is 0 Å². The SMILES string of the molecule is CCCCCCCCCCCCCCCCCC(=O)OC[C@H](COP(=O)(O)OC[C@@H](O)COP(=O)(O)OC[C@@H](COC(=O)CCCCCCCCCCC)OC(=O)CCCCCCCCCCCCC(C)CC)OC(=O)CCCCCCCCCCCCCCC(C)C. The molecule has 0 aliphatic carbocycles. The number of esters is 4. The lowest BCUT2D eigenvalue weighted by molar-refractivity contribution is -0.161. The van der Waals surface area contributed by atoms with E-state index in [1.54, 1.807) is 0 Å². The van der Waals surface area contributed by atoms with E-state index in [2.05, 4.69) is 41.5 Å². The molecule has 19 heteroatoms. The molecule has 6 atom stereocenters. The van der Waals surface area contributed by atoms with E-state index in [-0.39, 0.29) is 25.7 Å². The Morgan fingerprint density at radius 1 is 0.312 bits per heavy atom. The first-order chi connectivity index (χ1) is 44.9. The fourth-order valence-electron chi connectivity index (χ4n) is 11.3. The number of phosphoric ester groups is 2. The van der Waals surface area contributed by atoms with Crippen molar-refractivity contribution in [1.82, 2.24) is 0 Å². The lowest BCUT2D eigenvalue weighted by Crippen LogP contribution is -2.30. The maximum absolute atomic E-state index is 13.1. The van der Waals surface area contributed by atoms with E-state index in [1.807, 2.05) is 0 Å². The van der Waals surface area contributed by atoms with Crippen LogP contribution in [-0.2, 0) is 65.4 Å². The van der Waals surface area contributed by atoms with Crippen LogP contribution in [0.4, 0.5) is 0 Å². The van der Waals surface area contributed by atoms with Crippen LogP contribution in [0.1, 0.15) is 382 Å². The molecule has 0 amide bonds. The summed E-state index contributed by atoms with van der Waals surface area (Å²) in [6, 6.07) is 0. The van der Waals surface area contributed by atoms with E-state index in [0.717, 1.165) is 102 Å². The third-order valence-corrected chi connectivity index (χ3v) is 19.5. The minimum Gasteiger partial charge on any atom is -0.462 e. The van der Waals surface area contributed by atoms with Crippen LogP contribution in [0, 0.1) is 11.8 Å². The van der Waals surface area contributed by atoms with Gasteiger partial charge in [-0.05, 0) is 37.5 Å². The van der Waals surface area contributed by atoms with Gasteiger partial charge in [-0.2, -0.15) is 0 Å². The number of hydrogen-bond acceptors (Lipinski definition) is 15. The molecule has 0 bridgehead atoms. The summed E-state index contributed by atoms with van der Waals surface area (Å²) in [5.41, 5.74) is 0. The second kappa shape index (κ2) is 66.0. The van der Waals surface area contributed by atoms with Gasteiger partial charge in [0.1, 0.15) is 19.3 Å². The van der Waals surface area contributed by atoms with Crippen LogP contribution >= 0.6 is 15.6 Å². The number of unbranched alkanes of at least 4 members (excludes halogenated alkanes) is 42. The third-order valence-electron chi connectivity index (χ3n) is 17.6. The summed E-state index contributed by atoms with van der Waals surface area (Å²) in [6.45, 7) is 9.61. The van der Waals surface area contributed by atoms with Crippen LogP contribution < -0.4 is 0 Å². The van der Waals surface area contributed by atoms with Crippen molar-refractivity contribution >= 4 is 39.5 Å². The Balaban J connectivity index is 5.24. The van der Waals surface area contributed by atoms with Crippen LogP contribution in [0.25, 0.3) is 0 Å². The molecule has 0 aliphatic heterocycles. The first kappa shape index (κ1) is 91.1. The highest BCUT2D eigenvalue weighted by Gasteiger charge is 2.30. The summed E-state index contributed by atoms with van der Waals surface area (Å²) in [5, 5.41) is 10.6. The van der Waals surface area contributed by atoms with Crippen molar-refractivity contribution in [3.05, 3.63) is 0 Å². The van der Waals surface area contributed by atoms with E-state index >= 15 is 0 Å². The van der Waals surface area contributed by atoms with E-state index in [0.29, 0.717) is 25.7 Å². The average Bonchev–Trinajstić information content (AvgIpc) is 3.36. The molecule has 0 radical (unpaired) electrons. The Labute approximate surface area is 568 Å². The van der Waals surface area contributed by atoms with Gasteiger partial charge in [-0.3, -0.25) is 37.3 Å². The number of hydrogen-bond donors (Lipinski definition) is 3. The zero-order valence-electron chi connectivity index (χ0n) is 60.6. The second-order valence-corrected chi connectivity index (χ2v) is 30.3. The highest BCUT2D eigenvalue weighted by molar-refractivity contribution is 7.47. The highest BCUT2D eigenvalue weighted by Crippen LogP contribution is 2.45. The number of rotatable bonds is 73. The van der Waals surface area contributed by atoms with E-state index in [4.69, 9.17) is 37.0 Å². The van der Waals surface area contributed by atoms with E-state index < -0.39 is 97.5 Å². The average molecular weight is 1370 g/mol. The molecule has 0 saturated carbocycles. The van der Waals surface area contributed by atoms with Gasteiger partial charge >= 0.3 is 39.5 Å². The van der Waals surface area contributed by atoms with Crippen molar-refractivity contribution in [3.8, 4) is 0 Å². The first-order valence-corrected chi connectivity index (χ1v) is 41.5. The minimum atomic E-state index is -4.95. The Hall–Kier alpha value is -1.94. The van der Waals surface area contributed by atoms with Crippen molar-refractivity contribution in [2.75, 3.05) is 39.6 Å². The maximum atomic E-state index is 13.1. The van der Waals surface area contributed by atoms with Gasteiger partial charge in [0.2, 0.25) is 0 Å². The van der Waals surface area contributed by atoms with Gasteiger partial charge in [0.15, 0.2) is 12.2 Å². The second-order valence-electron chi connectivity index (χ2n) is 27.4. The van der Waals surface area contributed by atoms with Crippen molar-refractivity contribution in [2.24, 2.45) is 11.8 Å². The summed E-state index contributed by atoms with van der Waals surface area (Å²) < 4.78 is 68.4. The summed E-state index contributed by atoms with van der Waals surface area (Å²) in [5.74, 6) is -0.538. The molecule has 552 valence electrons. The molecule has 93 heavy (non-hydrogen) atoms. The first-order valence-electron chi connectivity index (χ1n) is 38.5. The van der Waals surface area contributed by atoms with Gasteiger partial charge in [-0.15, -0.1) is 0 Å². The molecule has 0 aromatic carbocycles. The van der Waals surface area contributed by atoms with Crippen molar-refractivity contribution in [2.45, 2.75) is 400 Å². The predicted octanol–water partition coefficient (Wildman–Crippen LogP) is 21.6. The van der Waals surface area contributed by atoms with Crippen molar-refractivity contribution in [3.63, 3.8) is 0 Å². The lowest BCUT2D eigenvalue weighted by atomic mass is 9.99. The fourth-order valence-corrected chi connectivity index (χ4v) is 12.8. The molecule has 0 heterocycles. The fraction of sp³-hybridized carbons (Fsp3) is 0.946. The predicted molar refractivity (Wildman–Crippen MR) is 377 cm³/mol. The number of carbonyl (C=O) groups excluding carboxylic acids is 4. The molecular weight excluding hydrogens is 1220 g/mol. The zero-order chi connectivity index (χ0) is 68.6. The van der Waals surface area contributed by atoms with Gasteiger partial charge in [-0.1, -0.05) is 330 Å². The quantitative estimate of drug-likeness (QED) is 0.0222. The van der Waals surface area contributed by atoms with Crippen molar-refractivity contribution in [1.29, 1.82) is 0 Å². The third kappa shape index (κ3) is 67.0. The highest BCUT2D eigenvalue weighted by atomic mass is 31.2. The zero-order valence-corrected chi connectivity index (χ0v) is 62.3. The van der Waals surface area contributed by atoms with Crippen LogP contribution in [0.5, 0.6) is 0 Å². The molecular formula is C74H144O17P2. The number of carbonyl (C=O) groups is 4. The van der Waals surface area contributed by atoms with Gasteiger partial charge in [0.25, 0.3) is 0 Å². The molecule has 0 rings (SSSR count). The molecule has 0 saturated heterocycles. The Kier molecular flexibility index (Phi) is 64.6. The summed E-state index contributed by atoms with van der Waals surface area (Å²) in [7, 11) is -9.91. The molecule has 0 fully saturated rings. The summed E-state index contributed by atoms with van der Waals surface area (Å²) in [4.78, 5) is 72.7. The number of phosphoric acid groups is 2. The smallest absolute Gasteiger partial charge is 0.462 e. The van der Waals surface area contributed by atoms with E-state index in [9.17, 15) is 43.2 Å². The topological polar surface area (TPSA) is 237 Å². The Bertz CT molecular complexity index is 1810. The molecule has 0 aliphatic rings. The largest absolute Gasteiger partial charge is 0.472 e. The number of aliphatic hydroxyl groups excluding tert-OH is 1. The summed E-state index contributed by atoms with van der Waals surface area (Å²) >= 11 is 0. The Morgan fingerprint density at radius 2 is 0.548 bits per heavy atom. The van der Waals surface area contributed by atoms with E-state index in [1.165, 1.54) is 199 Å². The van der Waals surface area contributed by atoms with Crippen LogP contribution in [0.2, 0.25) is 0 Å². The number of aliphatic hydroxyl groups is 1. The molecule has 17 nitrogen and oxygen atoms in total. The lowest BCUT2D eigenvalue weighted by Gasteiger charge is -2.21. The van der Waals surface area contributed by atoms with Gasteiger partial charge in [-0.25, -0.2) is 9.13 Å². The standard InChI is InChI=1S/C74H144O17P2/c1-7-10-12-14-16-18-19-20-21-22-26-33-39-45-51-57-72(77)85-63-70(90-73(78)58-52-46-40-34-27-24-23-25-31-36-42-48-54-66(4)5)65-89-93(82,83)87-61-68(75)60-86-92(80,81)88-64-69(62-84-71(76)56-50-44-38-30-17-15-13-11-8-2)91-74(79)59-53-47-41-35-29-28-32-37-43-49-55-67(6)9-3/h66-70,75H,7-65H2,1-6H3,(H,80,81)(H,82,83)/t67?,68-,69+,70+/m0/s1. The van der Waals surface area contributed by atoms with Gasteiger partial charge in [0.05, 0.1) is 26.4 Å². The van der Waals surface area contributed by atoms with Crippen molar-refractivity contribution < 1.29 is 80.2 Å². The normalized spacial score (nSPS) is 14.3. The maximum Gasteiger partial charge on any atom is 0.472 e. The monoisotopic (exact) mass is 1370 g/mol. The molecule has 0 spiro atoms. The van der Waals surface area contributed by atoms with Crippen LogP contribution in [0.15, 0.2) is 0 Å².